The van der Waals surface area contributed by atoms with Crippen LogP contribution < -0.4 is 4.74 Å². The summed E-state index contributed by atoms with van der Waals surface area (Å²) < 4.78 is 20.8. The minimum atomic E-state index is -1.09. The highest BCUT2D eigenvalue weighted by Gasteiger charge is 2.42. The fourth-order valence-electron chi connectivity index (χ4n) is 9.02. The van der Waals surface area contributed by atoms with E-state index >= 15 is 0 Å². The molecule has 2 aromatic heterocycles. The Labute approximate surface area is 371 Å². The summed E-state index contributed by atoms with van der Waals surface area (Å²) in [5.74, 6) is -0.496. The number of rotatable bonds is 15. The van der Waals surface area contributed by atoms with Crippen LogP contribution in [-0.4, -0.2) is 66.3 Å². The number of imidazole rings is 1. The Balaban J connectivity index is 1.05. The van der Waals surface area contributed by atoms with Crippen LogP contribution in [0.3, 0.4) is 0 Å². The third-order valence-electron chi connectivity index (χ3n) is 12.0. The Morgan fingerprint density at radius 1 is 0.734 bits per heavy atom. The van der Waals surface area contributed by atoms with E-state index in [4.69, 9.17) is 29.5 Å². The summed E-state index contributed by atoms with van der Waals surface area (Å²) in [7, 11) is 0. The Hall–Kier alpha value is -7.60. The summed E-state index contributed by atoms with van der Waals surface area (Å²) in [5, 5.41) is 24.2. The third kappa shape index (κ3) is 8.22. The molecular formula is C52H48N6O6. The van der Waals surface area contributed by atoms with Gasteiger partial charge in [0.25, 0.3) is 6.01 Å². The van der Waals surface area contributed by atoms with Crippen molar-refractivity contribution in [1.82, 2.24) is 29.8 Å². The molecule has 1 fully saturated rings. The Morgan fingerprint density at radius 2 is 1.34 bits per heavy atom. The molecule has 12 nitrogen and oxygen atoms in total. The first-order valence-electron chi connectivity index (χ1n) is 21.8. The molecule has 0 aliphatic heterocycles. The molecule has 0 spiro atoms. The predicted octanol–water partition coefficient (Wildman–Crippen LogP) is 10.4. The van der Waals surface area contributed by atoms with Gasteiger partial charge in [-0.05, 0) is 88.0 Å². The molecule has 322 valence electrons. The van der Waals surface area contributed by atoms with Gasteiger partial charge >= 0.3 is 12.1 Å². The zero-order chi connectivity index (χ0) is 43.9. The van der Waals surface area contributed by atoms with Crippen molar-refractivity contribution >= 4 is 23.2 Å². The smallest absolute Gasteiger partial charge is 0.478 e. The number of carboxylic acid groups (broad SMARTS) is 1. The van der Waals surface area contributed by atoms with Gasteiger partial charge in [-0.15, -0.1) is 5.10 Å². The van der Waals surface area contributed by atoms with E-state index < -0.39 is 17.7 Å². The number of fused-ring (bicyclic) bond motifs is 1. The van der Waals surface area contributed by atoms with Crippen LogP contribution in [0.25, 0.3) is 33.5 Å². The van der Waals surface area contributed by atoms with Crippen LogP contribution in [0.5, 0.6) is 6.01 Å². The lowest BCUT2D eigenvalue weighted by Gasteiger charge is -2.36. The molecule has 0 atom stereocenters. The lowest BCUT2D eigenvalue weighted by molar-refractivity contribution is 0.0118. The molecule has 0 amide bonds. The quantitative estimate of drug-likeness (QED) is 0.0782. The van der Waals surface area contributed by atoms with Crippen LogP contribution in [0.2, 0.25) is 0 Å². The van der Waals surface area contributed by atoms with Crippen LogP contribution in [0.15, 0.2) is 152 Å². The topological polar surface area (TPSA) is 143 Å². The number of carbonyl (C=O) groups excluding carboxylic acids is 1. The number of hydrogen-bond donors (Lipinski definition) is 1. The molecule has 0 radical (unpaired) electrons. The average Bonchev–Trinajstić information content (AvgIpc) is 3.97. The van der Waals surface area contributed by atoms with E-state index in [0.717, 1.165) is 76.6 Å². The maximum Gasteiger partial charge on any atom is 0.508 e. The molecule has 0 bridgehead atoms. The van der Waals surface area contributed by atoms with E-state index in [9.17, 15) is 14.7 Å². The molecular weight excluding hydrogens is 805 g/mol. The molecule has 9 rings (SSSR count). The van der Waals surface area contributed by atoms with E-state index in [1.807, 2.05) is 109 Å². The first-order valence-corrected chi connectivity index (χ1v) is 21.8. The normalized spacial score (nSPS) is 13.1. The van der Waals surface area contributed by atoms with Gasteiger partial charge in [-0.3, -0.25) is 4.57 Å². The summed E-state index contributed by atoms with van der Waals surface area (Å²) >= 11 is 0. The second kappa shape index (κ2) is 18.8. The summed E-state index contributed by atoms with van der Waals surface area (Å²) in [5.41, 5.74) is 7.43. The predicted molar refractivity (Wildman–Crippen MR) is 243 cm³/mol. The number of carboxylic acids is 1. The fourth-order valence-corrected chi connectivity index (χ4v) is 9.02. The number of hydrogen-bond acceptors (Lipinski definition) is 9. The molecule has 1 N–H and O–H groups in total. The van der Waals surface area contributed by atoms with Gasteiger partial charge in [-0.1, -0.05) is 152 Å². The third-order valence-corrected chi connectivity index (χ3v) is 12.0. The lowest BCUT2D eigenvalue weighted by atomic mass is 9.77. The molecule has 64 heavy (non-hydrogen) atoms. The molecule has 1 saturated carbocycles. The maximum absolute atomic E-state index is 12.7. The molecule has 0 unspecified atom stereocenters. The standard InChI is InChI=1S/C52H48N6O6/c1-2-62-50-53-46-38(33-34-63-51(61)64-42-23-13-6-14-24-42)31-32-45(49(59)60)47(46)57(50)35-36-27-29-37(30-28-36)43-25-15-16-26-44(43)48-54-55-56-58(48)52(39-17-7-3-8-18-39,40-19-9-4-10-20-40)41-21-11-5-12-22-41/h3-5,7-12,15-22,25-32,42H,2,6,13-14,23-24,33-35H2,1H3,(H,59,60). The Kier molecular flexibility index (Phi) is 12.3. The van der Waals surface area contributed by atoms with Gasteiger partial charge in [0.15, 0.2) is 5.82 Å². The van der Waals surface area contributed by atoms with Gasteiger partial charge in [0.2, 0.25) is 0 Å². The minimum absolute atomic E-state index is 0.0605. The highest BCUT2D eigenvalue weighted by Crippen LogP contribution is 2.43. The second-order valence-corrected chi connectivity index (χ2v) is 15.9. The number of nitrogens with zero attached hydrogens (tertiary/aromatic N) is 6. The van der Waals surface area contributed by atoms with Crippen molar-refractivity contribution in [3.05, 3.63) is 185 Å². The van der Waals surface area contributed by atoms with E-state index in [-0.39, 0.29) is 24.8 Å². The minimum Gasteiger partial charge on any atom is -0.478 e. The SMILES string of the molecule is CCOc1nc2c(CCOC(=O)OC3CCCCC3)ccc(C(=O)O)c2n1Cc1ccc(-c2ccccc2-c2nnnn2C(c2ccccc2)(c2ccccc2)c2ccccc2)cc1. The van der Waals surface area contributed by atoms with Crippen molar-refractivity contribution in [1.29, 1.82) is 0 Å². The first kappa shape index (κ1) is 41.7. The van der Waals surface area contributed by atoms with Gasteiger partial charge in [-0.25, -0.2) is 14.3 Å². The van der Waals surface area contributed by atoms with E-state index in [2.05, 4.69) is 47.7 Å². The highest BCUT2D eigenvalue weighted by atomic mass is 16.7. The number of ether oxygens (including phenoxy) is 3. The fraction of sp³-hybridized carbons (Fsp3) is 0.231. The van der Waals surface area contributed by atoms with Gasteiger partial charge in [0, 0.05) is 12.0 Å². The van der Waals surface area contributed by atoms with Crippen molar-refractivity contribution < 1.29 is 28.9 Å². The molecule has 0 saturated heterocycles. The number of aromatic nitrogens is 6. The Morgan fingerprint density at radius 3 is 1.95 bits per heavy atom. The zero-order valence-corrected chi connectivity index (χ0v) is 35.5. The van der Waals surface area contributed by atoms with E-state index in [0.29, 0.717) is 35.9 Å². The molecule has 6 aromatic carbocycles. The van der Waals surface area contributed by atoms with Crippen LogP contribution in [0, 0.1) is 0 Å². The van der Waals surface area contributed by atoms with Crippen LogP contribution in [0.4, 0.5) is 4.79 Å². The van der Waals surface area contributed by atoms with Crippen molar-refractivity contribution in [3.8, 4) is 28.5 Å². The molecule has 2 heterocycles. The van der Waals surface area contributed by atoms with Gasteiger partial charge in [-0.2, -0.15) is 4.98 Å². The van der Waals surface area contributed by atoms with Gasteiger partial charge < -0.3 is 19.3 Å². The van der Waals surface area contributed by atoms with Crippen LogP contribution in [-0.2, 0) is 28.0 Å². The number of carbonyl (C=O) groups is 2. The molecule has 12 heteroatoms. The molecule has 1 aliphatic carbocycles. The van der Waals surface area contributed by atoms with E-state index in [1.54, 1.807) is 16.7 Å². The lowest BCUT2D eigenvalue weighted by Crippen LogP contribution is -2.39. The van der Waals surface area contributed by atoms with Crippen LogP contribution in [0.1, 0.15) is 77.2 Å². The second-order valence-electron chi connectivity index (χ2n) is 15.9. The summed E-state index contributed by atoms with van der Waals surface area (Å²) in [6, 6.07) is 50.8. The average molecular weight is 853 g/mol. The van der Waals surface area contributed by atoms with Gasteiger partial charge in [0.05, 0.1) is 36.4 Å². The van der Waals surface area contributed by atoms with Crippen LogP contribution >= 0.6 is 0 Å². The number of aromatic carboxylic acids is 1. The largest absolute Gasteiger partial charge is 0.508 e. The summed E-state index contributed by atoms with van der Waals surface area (Å²) in [6.45, 7) is 2.53. The van der Waals surface area contributed by atoms with Crippen molar-refractivity contribution in [2.45, 2.75) is 63.6 Å². The number of tetrazole rings is 1. The van der Waals surface area contributed by atoms with Crippen molar-refractivity contribution in [2.75, 3.05) is 13.2 Å². The number of benzene rings is 6. The Bertz CT molecular complexity index is 2760. The maximum atomic E-state index is 12.7. The van der Waals surface area contributed by atoms with Gasteiger partial charge in [0.1, 0.15) is 11.6 Å². The zero-order valence-electron chi connectivity index (χ0n) is 35.5. The summed E-state index contributed by atoms with van der Waals surface area (Å²) in [4.78, 5) is 30.0. The summed E-state index contributed by atoms with van der Waals surface area (Å²) in [6.07, 6.45) is 4.45. The van der Waals surface area contributed by atoms with Crippen molar-refractivity contribution in [2.24, 2.45) is 0 Å². The molecule has 8 aromatic rings. The highest BCUT2D eigenvalue weighted by molar-refractivity contribution is 6.02. The molecule has 1 aliphatic rings. The first-order chi connectivity index (χ1) is 31.4. The monoisotopic (exact) mass is 852 g/mol. The van der Waals surface area contributed by atoms with Crippen molar-refractivity contribution in [3.63, 3.8) is 0 Å². The van der Waals surface area contributed by atoms with E-state index in [1.165, 1.54) is 0 Å².